The van der Waals surface area contributed by atoms with Gasteiger partial charge in [-0.3, -0.25) is 9.10 Å². The van der Waals surface area contributed by atoms with Crippen LogP contribution in [0.1, 0.15) is 44.7 Å². The number of hydrogen-bond donors (Lipinski definition) is 1. The number of hydrogen-bond acceptors (Lipinski definition) is 5. The van der Waals surface area contributed by atoms with Gasteiger partial charge in [0, 0.05) is 13.0 Å². The van der Waals surface area contributed by atoms with Crippen LogP contribution in [0.15, 0.2) is 48.5 Å². The van der Waals surface area contributed by atoms with Crippen molar-refractivity contribution in [2.45, 2.75) is 39.2 Å². The molecule has 0 aliphatic carbocycles. The molecule has 0 heterocycles. The molecule has 0 radical (unpaired) electrons. The number of amides is 1. The van der Waals surface area contributed by atoms with Gasteiger partial charge in [-0.15, -0.1) is 0 Å². The molecule has 1 atom stereocenters. The summed E-state index contributed by atoms with van der Waals surface area (Å²) in [5, 5.41) is 3.11. The molecule has 0 spiro atoms. The van der Waals surface area contributed by atoms with E-state index in [0.29, 0.717) is 23.8 Å². The average molecular weight is 463 g/mol. The van der Waals surface area contributed by atoms with Crippen molar-refractivity contribution in [2.75, 3.05) is 31.3 Å². The van der Waals surface area contributed by atoms with Crippen LogP contribution in [-0.2, 0) is 14.8 Å². The van der Waals surface area contributed by atoms with E-state index in [1.165, 1.54) is 10.6 Å². The lowest BCUT2D eigenvalue weighted by molar-refractivity contribution is -0.122. The molecule has 0 saturated carbocycles. The van der Waals surface area contributed by atoms with Crippen molar-refractivity contribution in [3.8, 4) is 11.5 Å². The maximum Gasteiger partial charge on any atom is 0.232 e. The van der Waals surface area contributed by atoms with Crippen LogP contribution >= 0.6 is 0 Å². The third kappa shape index (κ3) is 7.75. The Bertz CT molecular complexity index is 957. The first kappa shape index (κ1) is 25.5. The van der Waals surface area contributed by atoms with Gasteiger partial charge in [0.1, 0.15) is 11.5 Å². The monoisotopic (exact) mass is 462 g/mol. The van der Waals surface area contributed by atoms with Gasteiger partial charge in [-0.1, -0.05) is 26.0 Å². The van der Waals surface area contributed by atoms with Crippen molar-refractivity contribution in [3.05, 3.63) is 54.1 Å². The molecule has 0 saturated heterocycles. The van der Waals surface area contributed by atoms with E-state index in [1.807, 2.05) is 24.3 Å². The number of nitrogens with zero attached hydrogens (tertiary/aromatic N) is 1. The Morgan fingerprint density at radius 3 is 1.97 bits per heavy atom. The Morgan fingerprint density at radius 1 is 0.969 bits per heavy atom. The van der Waals surface area contributed by atoms with Gasteiger partial charge in [-0.25, -0.2) is 8.42 Å². The first-order chi connectivity index (χ1) is 15.1. The van der Waals surface area contributed by atoms with Crippen molar-refractivity contribution in [2.24, 2.45) is 5.92 Å². The highest BCUT2D eigenvalue weighted by Gasteiger charge is 2.19. The first-order valence-corrected chi connectivity index (χ1v) is 12.5. The van der Waals surface area contributed by atoms with Gasteiger partial charge < -0.3 is 14.8 Å². The number of ether oxygens (including phenoxy) is 2. The smallest absolute Gasteiger partial charge is 0.232 e. The zero-order valence-electron chi connectivity index (χ0n) is 19.5. The molecule has 2 aromatic rings. The Hall–Kier alpha value is -2.74. The van der Waals surface area contributed by atoms with Crippen LogP contribution in [0.25, 0.3) is 0 Å². The summed E-state index contributed by atoms with van der Waals surface area (Å²) in [5.41, 5.74) is 1.56. The highest BCUT2D eigenvalue weighted by molar-refractivity contribution is 7.92. The highest BCUT2D eigenvalue weighted by Crippen LogP contribution is 2.24. The Labute approximate surface area is 191 Å². The SMILES string of the molecule is COc1ccc(C(CC(C)C)NC(=O)CCCN(c2ccc(OC)cc2)S(C)(=O)=O)cc1. The quantitative estimate of drug-likeness (QED) is 0.512. The third-order valence-electron chi connectivity index (χ3n) is 5.09. The normalized spacial score (nSPS) is 12.3. The molecule has 8 heteroatoms. The molecule has 2 rings (SSSR count). The van der Waals surface area contributed by atoms with Crippen LogP contribution in [0, 0.1) is 5.92 Å². The first-order valence-electron chi connectivity index (χ1n) is 10.7. The van der Waals surface area contributed by atoms with E-state index < -0.39 is 10.0 Å². The molecular weight excluding hydrogens is 428 g/mol. The number of methoxy groups -OCH3 is 2. The van der Waals surface area contributed by atoms with Crippen LogP contribution in [0.2, 0.25) is 0 Å². The van der Waals surface area contributed by atoms with Gasteiger partial charge in [0.25, 0.3) is 0 Å². The number of sulfonamides is 1. The average Bonchev–Trinajstić information content (AvgIpc) is 2.75. The van der Waals surface area contributed by atoms with Gasteiger partial charge in [0.15, 0.2) is 0 Å². The van der Waals surface area contributed by atoms with Gasteiger partial charge >= 0.3 is 0 Å². The van der Waals surface area contributed by atoms with Crippen LogP contribution in [0.5, 0.6) is 11.5 Å². The summed E-state index contributed by atoms with van der Waals surface area (Å²) in [7, 11) is -0.300. The lowest BCUT2D eigenvalue weighted by Crippen LogP contribution is -2.33. The molecule has 2 aromatic carbocycles. The standard InChI is InChI=1S/C24H34N2O5S/c1-18(2)17-23(19-8-12-21(30-3)13-9-19)25-24(27)7-6-16-26(32(5,28)29)20-10-14-22(31-4)15-11-20/h8-15,18,23H,6-7,16-17H2,1-5H3,(H,25,27). The summed E-state index contributed by atoms with van der Waals surface area (Å²) in [4.78, 5) is 12.7. The number of anilines is 1. The molecule has 1 amide bonds. The van der Waals surface area contributed by atoms with Crippen molar-refractivity contribution in [1.29, 1.82) is 0 Å². The maximum atomic E-state index is 12.7. The zero-order chi connectivity index (χ0) is 23.7. The van der Waals surface area contributed by atoms with Gasteiger partial charge in [-0.2, -0.15) is 0 Å². The Balaban J connectivity index is 2.00. The molecule has 0 bridgehead atoms. The summed E-state index contributed by atoms with van der Waals surface area (Å²) in [6, 6.07) is 14.4. The van der Waals surface area contributed by atoms with E-state index in [9.17, 15) is 13.2 Å². The van der Waals surface area contributed by atoms with Crippen LogP contribution in [0.3, 0.4) is 0 Å². The summed E-state index contributed by atoms with van der Waals surface area (Å²) >= 11 is 0. The molecule has 0 aliphatic heterocycles. The van der Waals surface area contributed by atoms with Crippen molar-refractivity contribution >= 4 is 21.6 Å². The zero-order valence-corrected chi connectivity index (χ0v) is 20.3. The van der Waals surface area contributed by atoms with Gasteiger partial charge in [-0.05, 0) is 60.7 Å². The summed E-state index contributed by atoms with van der Waals surface area (Å²) < 4.78 is 36.2. The van der Waals surface area contributed by atoms with Gasteiger partial charge in [0.05, 0.1) is 32.2 Å². The predicted molar refractivity (Wildman–Crippen MR) is 128 cm³/mol. The minimum absolute atomic E-state index is 0.102. The van der Waals surface area contributed by atoms with Crippen LogP contribution in [-0.4, -0.2) is 41.3 Å². The van der Waals surface area contributed by atoms with E-state index in [2.05, 4.69) is 19.2 Å². The second-order valence-corrected chi connectivity index (χ2v) is 10.1. The second kappa shape index (κ2) is 11.8. The van der Waals surface area contributed by atoms with Crippen molar-refractivity contribution < 1.29 is 22.7 Å². The van der Waals surface area contributed by atoms with E-state index in [1.54, 1.807) is 38.5 Å². The Kier molecular flexibility index (Phi) is 9.38. The minimum Gasteiger partial charge on any atom is -0.497 e. The van der Waals surface area contributed by atoms with Crippen molar-refractivity contribution in [1.82, 2.24) is 5.32 Å². The van der Waals surface area contributed by atoms with E-state index in [4.69, 9.17) is 9.47 Å². The van der Waals surface area contributed by atoms with E-state index >= 15 is 0 Å². The highest BCUT2D eigenvalue weighted by atomic mass is 32.2. The lowest BCUT2D eigenvalue weighted by atomic mass is 9.96. The number of nitrogens with one attached hydrogen (secondary N) is 1. The molecule has 0 aromatic heterocycles. The topological polar surface area (TPSA) is 84.9 Å². The summed E-state index contributed by atoms with van der Waals surface area (Å²) in [6.45, 7) is 4.44. The largest absolute Gasteiger partial charge is 0.497 e. The second-order valence-electron chi connectivity index (χ2n) is 8.16. The minimum atomic E-state index is -3.48. The predicted octanol–water partition coefficient (Wildman–Crippen LogP) is 4.15. The molecule has 1 unspecified atom stereocenters. The number of carbonyl (C=O) groups excluding carboxylic acids is 1. The fourth-order valence-corrected chi connectivity index (χ4v) is 4.44. The van der Waals surface area contributed by atoms with Gasteiger partial charge in [0.2, 0.25) is 15.9 Å². The molecule has 1 N–H and O–H groups in total. The molecule has 0 aliphatic rings. The molecule has 32 heavy (non-hydrogen) atoms. The number of rotatable bonds is 12. The maximum absolute atomic E-state index is 12.7. The number of benzene rings is 2. The summed E-state index contributed by atoms with van der Waals surface area (Å²) in [6.07, 6.45) is 2.61. The fourth-order valence-electron chi connectivity index (χ4n) is 3.47. The number of carbonyl (C=O) groups is 1. The lowest BCUT2D eigenvalue weighted by Gasteiger charge is -2.24. The van der Waals surface area contributed by atoms with E-state index in [-0.39, 0.29) is 24.9 Å². The van der Waals surface area contributed by atoms with Crippen LogP contribution < -0.4 is 19.1 Å². The van der Waals surface area contributed by atoms with Crippen LogP contribution in [0.4, 0.5) is 5.69 Å². The Morgan fingerprint density at radius 2 is 1.50 bits per heavy atom. The van der Waals surface area contributed by atoms with E-state index in [0.717, 1.165) is 17.7 Å². The molecule has 0 fully saturated rings. The van der Waals surface area contributed by atoms with Crippen molar-refractivity contribution in [3.63, 3.8) is 0 Å². The third-order valence-corrected chi connectivity index (χ3v) is 6.28. The summed E-state index contributed by atoms with van der Waals surface area (Å²) in [5.74, 6) is 1.71. The molecule has 7 nitrogen and oxygen atoms in total. The molecular formula is C24H34N2O5S. The fraction of sp³-hybridized carbons (Fsp3) is 0.458. The molecule has 176 valence electrons.